The molecule has 172 valence electrons. The van der Waals surface area contributed by atoms with Crippen molar-refractivity contribution in [2.45, 2.75) is 95.5 Å². The predicted octanol–water partition coefficient (Wildman–Crippen LogP) is 1.90. The Balaban J connectivity index is 1.84. The second-order valence-electron chi connectivity index (χ2n) is 8.25. The van der Waals surface area contributed by atoms with Crippen LogP contribution in [-0.2, 0) is 15.9 Å². The Kier molecular flexibility index (Phi) is 11.8. The molecular formula is C23H40N2O5. The molecule has 0 spiro atoms. The van der Waals surface area contributed by atoms with Gasteiger partial charge in [-0.1, -0.05) is 69.4 Å². The number of hydrogen-bond acceptors (Lipinski definition) is 7. The lowest BCUT2D eigenvalue weighted by atomic mass is 9.97. The topological polar surface area (TPSA) is 103 Å². The minimum Gasteiger partial charge on any atom is -0.394 e. The van der Waals surface area contributed by atoms with Crippen molar-refractivity contribution in [3.05, 3.63) is 35.9 Å². The van der Waals surface area contributed by atoms with Crippen LogP contribution in [0.1, 0.15) is 57.9 Å². The summed E-state index contributed by atoms with van der Waals surface area (Å²) in [4.78, 5) is 0. The van der Waals surface area contributed by atoms with E-state index in [0.29, 0.717) is 6.61 Å². The molecule has 30 heavy (non-hydrogen) atoms. The minimum atomic E-state index is -1.19. The summed E-state index contributed by atoms with van der Waals surface area (Å²) in [6.45, 7) is 4.37. The van der Waals surface area contributed by atoms with Crippen molar-refractivity contribution < 1.29 is 24.8 Å². The third-order valence-corrected chi connectivity index (χ3v) is 5.54. The van der Waals surface area contributed by atoms with Crippen LogP contribution in [0.25, 0.3) is 0 Å². The van der Waals surface area contributed by atoms with Gasteiger partial charge in [-0.2, -0.15) is 0 Å². The van der Waals surface area contributed by atoms with Gasteiger partial charge in [0, 0.05) is 12.6 Å². The SMILES string of the molecule is CCCCCCCCOC1O[C@H](CO)[C@H](O)[C@H](O)[C@@H]1NN[C@@H](C)Cc1ccccc1. The number of nitrogens with one attached hydrogen (secondary N) is 2. The van der Waals surface area contributed by atoms with E-state index in [4.69, 9.17) is 9.47 Å². The lowest BCUT2D eigenvalue weighted by Gasteiger charge is -2.42. The van der Waals surface area contributed by atoms with Crippen molar-refractivity contribution in [3.63, 3.8) is 0 Å². The molecule has 6 atom stereocenters. The third-order valence-electron chi connectivity index (χ3n) is 5.54. The average Bonchev–Trinajstić information content (AvgIpc) is 2.75. The number of aliphatic hydroxyl groups is 3. The van der Waals surface area contributed by atoms with Gasteiger partial charge in [-0.3, -0.25) is 5.43 Å². The van der Waals surface area contributed by atoms with Crippen molar-refractivity contribution in [2.24, 2.45) is 0 Å². The van der Waals surface area contributed by atoms with E-state index < -0.39 is 30.6 Å². The Hall–Kier alpha value is -1.06. The molecule has 5 N–H and O–H groups in total. The van der Waals surface area contributed by atoms with Crippen molar-refractivity contribution in [1.82, 2.24) is 10.9 Å². The molecule has 0 radical (unpaired) electrons. The van der Waals surface area contributed by atoms with Crippen LogP contribution in [0.3, 0.4) is 0 Å². The van der Waals surface area contributed by atoms with Crippen LogP contribution >= 0.6 is 0 Å². The Bertz CT molecular complexity index is 562. The van der Waals surface area contributed by atoms with Gasteiger partial charge in [0.1, 0.15) is 24.4 Å². The maximum absolute atomic E-state index is 10.6. The van der Waals surface area contributed by atoms with Crippen molar-refractivity contribution in [2.75, 3.05) is 13.2 Å². The summed E-state index contributed by atoms with van der Waals surface area (Å²) in [7, 11) is 0. The molecule has 0 amide bonds. The van der Waals surface area contributed by atoms with Crippen LogP contribution < -0.4 is 10.9 Å². The van der Waals surface area contributed by atoms with Crippen LogP contribution in [0.15, 0.2) is 30.3 Å². The minimum absolute atomic E-state index is 0.0894. The highest BCUT2D eigenvalue weighted by atomic mass is 16.7. The fourth-order valence-corrected chi connectivity index (χ4v) is 3.72. The first-order valence-electron chi connectivity index (χ1n) is 11.4. The molecule has 1 aliphatic heterocycles. The van der Waals surface area contributed by atoms with Crippen LogP contribution in [0, 0.1) is 0 Å². The number of ether oxygens (including phenoxy) is 2. The summed E-state index contributed by atoms with van der Waals surface area (Å²) < 4.78 is 11.6. The van der Waals surface area contributed by atoms with E-state index in [1.807, 2.05) is 25.1 Å². The van der Waals surface area contributed by atoms with E-state index >= 15 is 0 Å². The van der Waals surface area contributed by atoms with Crippen LogP contribution in [-0.4, -0.2) is 65.2 Å². The van der Waals surface area contributed by atoms with Gasteiger partial charge in [-0.05, 0) is 25.3 Å². The molecule has 7 nitrogen and oxygen atoms in total. The summed E-state index contributed by atoms with van der Waals surface area (Å²) in [5, 5.41) is 30.3. The van der Waals surface area contributed by atoms with E-state index in [1.54, 1.807) is 0 Å². The summed E-state index contributed by atoms with van der Waals surface area (Å²) in [6, 6.07) is 9.57. The number of benzene rings is 1. The first-order chi connectivity index (χ1) is 14.6. The molecule has 1 unspecified atom stereocenters. The van der Waals surface area contributed by atoms with Crippen molar-refractivity contribution in [3.8, 4) is 0 Å². The zero-order valence-electron chi connectivity index (χ0n) is 18.4. The lowest BCUT2D eigenvalue weighted by Crippen LogP contribution is -2.66. The fraction of sp³-hybridized carbons (Fsp3) is 0.739. The summed E-state index contributed by atoms with van der Waals surface area (Å²) in [5.41, 5.74) is 7.49. The Labute approximate surface area is 180 Å². The van der Waals surface area contributed by atoms with Gasteiger partial charge < -0.3 is 24.8 Å². The predicted molar refractivity (Wildman–Crippen MR) is 117 cm³/mol. The Morgan fingerprint density at radius 1 is 1.03 bits per heavy atom. The first-order valence-corrected chi connectivity index (χ1v) is 11.4. The van der Waals surface area contributed by atoms with E-state index in [2.05, 4.69) is 29.9 Å². The maximum atomic E-state index is 10.6. The number of unbranched alkanes of at least 4 members (excludes halogenated alkanes) is 5. The smallest absolute Gasteiger partial charge is 0.177 e. The van der Waals surface area contributed by atoms with Crippen molar-refractivity contribution in [1.29, 1.82) is 0 Å². The van der Waals surface area contributed by atoms with Gasteiger partial charge in [0.15, 0.2) is 6.29 Å². The van der Waals surface area contributed by atoms with E-state index in [-0.39, 0.29) is 12.6 Å². The molecule has 1 heterocycles. The van der Waals surface area contributed by atoms with Gasteiger partial charge in [0.2, 0.25) is 0 Å². The van der Waals surface area contributed by atoms with Crippen LogP contribution in [0.5, 0.6) is 0 Å². The van der Waals surface area contributed by atoms with Gasteiger partial charge in [-0.15, -0.1) is 0 Å². The average molecular weight is 425 g/mol. The zero-order valence-corrected chi connectivity index (χ0v) is 18.4. The molecule has 0 aromatic heterocycles. The molecule has 1 aromatic rings. The van der Waals surface area contributed by atoms with E-state index in [9.17, 15) is 15.3 Å². The van der Waals surface area contributed by atoms with Crippen LogP contribution in [0.4, 0.5) is 0 Å². The molecule has 1 saturated heterocycles. The Morgan fingerprint density at radius 2 is 1.73 bits per heavy atom. The highest BCUT2D eigenvalue weighted by Gasteiger charge is 2.44. The standard InChI is InChI=1S/C23H40N2O5/c1-3-4-5-6-7-11-14-29-23-20(22(28)21(27)19(16-26)30-23)25-24-17(2)15-18-12-9-8-10-13-18/h8-10,12-13,17,19-28H,3-7,11,14-16H2,1-2H3/t17-,19+,20-,21-,22+,23?/m0/s1. The number of rotatable bonds is 14. The van der Waals surface area contributed by atoms with E-state index in [1.165, 1.54) is 31.2 Å². The lowest BCUT2D eigenvalue weighted by molar-refractivity contribution is -0.272. The molecule has 7 heteroatoms. The normalized spacial score (nSPS) is 27.8. The van der Waals surface area contributed by atoms with E-state index in [0.717, 1.165) is 19.3 Å². The maximum Gasteiger partial charge on any atom is 0.177 e. The highest BCUT2D eigenvalue weighted by Crippen LogP contribution is 2.22. The number of aliphatic hydroxyl groups excluding tert-OH is 3. The molecule has 0 aliphatic carbocycles. The fourth-order valence-electron chi connectivity index (χ4n) is 3.72. The second kappa shape index (κ2) is 14.1. The summed E-state index contributed by atoms with van der Waals surface area (Å²) >= 11 is 0. The first kappa shape index (κ1) is 25.2. The summed E-state index contributed by atoms with van der Waals surface area (Å²) in [5.74, 6) is 0. The molecule has 0 bridgehead atoms. The van der Waals surface area contributed by atoms with Gasteiger partial charge in [-0.25, -0.2) is 5.43 Å². The van der Waals surface area contributed by atoms with Gasteiger partial charge in [0.25, 0.3) is 0 Å². The Morgan fingerprint density at radius 3 is 2.43 bits per heavy atom. The quantitative estimate of drug-likeness (QED) is 0.230. The summed E-state index contributed by atoms with van der Waals surface area (Å²) in [6.07, 6.45) is 3.78. The molecule has 1 aliphatic rings. The largest absolute Gasteiger partial charge is 0.394 e. The number of hydrogen-bond donors (Lipinski definition) is 5. The molecule has 2 rings (SSSR count). The van der Waals surface area contributed by atoms with Gasteiger partial charge in [0.05, 0.1) is 6.61 Å². The number of hydrazine groups is 1. The molecule has 0 saturated carbocycles. The molecular weight excluding hydrogens is 384 g/mol. The van der Waals surface area contributed by atoms with Crippen molar-refractivity contribution >= 4 is 0 Å². The third kappa shape index (κ3) is 8.23. The monoisotopic (exact) mass is 424 g/mol. The second-order valence-corrected chi connectivity index (χ2v) is 8.25. The highest BCUT2D eigenvalue weighted by molar-refractivity contribution is 5.15. The van der Waals surface area contributed by atoms with Crippen LogP contribution in [0.2, 0.25) is 0 Å². The van der Waals surface area contributed by atoms with Gasteiger partial charge >= 0.3 is 0 Å². The molecule has 1 aromatic carbocycles. The molecule has 1 fully saturated rings. The zero-order chi connectivity index (χ0) is 21.8.